The molecule has 0 amide bonds. The maximum Gasteiger partial charge on any atom is 0.0586 e. The number of ether oxygens (including phenoxy) is 1. The van der Waals surface area contributed by atoms with Gasteiger partial charge in [-0.05, 0) is 43.4 Å². The quantitative estimate of drug-likeness (QED) is 0.679. The summed E-state index contributed by atoms with van der Waals surface area (Å²) in [6.07, 6.45) is 4.72. The first kappa shape index (κ1) is 13.0. The molecule has 1 aliphatic carbocycles. The summed E-state index contributed by atoms with van der Waals surface area (Å²) in [5.41, 5.74) is 0.471. The van der Waals surface area contributed by atoms with Gasteiger partial charge in [0.2, 0.25) is 0 Å². The smallest absolute Gasteiger partial charge is 0.0586 e. The lowest BCUT2D eigenvalue weighted by Crippen LogP contribution is -2.35. The zero-order chi connectivity index (χ0) is 11.6. The van der Waals surface area contributed by atoms with Crippen LogP contribution in [0.1, 0.15) is 60.8 Å². The summed E-state index contributed by atoms with van der Waals surface area (Å²) in [5, 5.41) is 0. The van der Waals surface area contributed by atoms with Crippen molar-refractivity contribution in [3.05, 3.63) is 0 Å². The molecule has 0 N–H and O–H groups in total. The summed E-state index contributed by atoms with van der Waals surface area (Å²) < 4.78 is 6.16. The number of hydrogen-bond acceptors (Lipinski definition) is 1. The maximum atomic E-state index is 6.16. The van der Waals surface area contributed by atoms with Crippen molar-refractivity contribution < 1.29 is 4.74 Å². The molecule has 0 heterocycles. The Labute approximate surface area is 95.6 Å². The van der Waals surface area contributed by atoms with Gasteiger partial charge in [-0.15, -0.1) is 0 Å². The lowest BCUT2D eigenvalue weighted by molar-refractivity contribution is -0.0735. The average Bonchev–Trinajstić information content (AvgIpc) is 1.99. The molecule has 0 aliphatic heterocycles. The Balaban J connectivity index is 2.48. The fourth-order valence-corrected chi connectivity index (χ4v) is 2.82. The van der Waals surface area contributed by atoms with E-state index in [0.29, 0.717) is 23.5 Å². The van der Waals surface area contributed by atoms with E-state index in [-0.39, 0.29) is 0 Å². The van der Waals surface area contributed by atoms with Crippen molar-refractivity contribution in [2.75, 3.05) is 0 Å². The molecule has 0 bridgehead atoms. The van der Waals surface area contributed by atoms with E-state index in [9.17, 15) is 0 Å². The minimum Gasteiger partial charge on any atom is -0.375 e. The molecule has 1 aliphatic rings. The van der Waals surface area contributed by atoms with E-state index in [1.807, 2.05) is 0 Å². The zero-order valence-corrected chi connectivity index (χ0v) is 11.3. The normalized spacial score (nSPS) is 33.0. The van der Waals surface area contributed by atoms with Gasteiger partial charge in [0.1, 0.15) is 0 Å². The minimum atomic E-state index is 0.399. The largest absolute Gasteiger partial charge is 0.375 e. The molecule has 1 nitrogen and oxygen atoms in total. The van der Waals surface area contributed by atoms with Crippen LogP contribution in [0.4, 0.5) is 0 Å². The molecule has 0 radical (unpaired) electrons. The molecule has 0 aromatic heterocycles. The predicted octanol–water partition coefficient (Wildman–Crippen LogP) is 4.26. The Bertz CT molecular complexity index is 196. The summed E-state index contributed by atoms with van der Waals surface area (Å²) in [4.78, 5) is 0. The molecule has 0 aromatic carbocycles. The van der Waals surface area contributed by atoms with Crippen LogP contribution in [-0.2, 0) is 4.74 Å². The molecule has 15 heavy (non-hydrogen) atoms. The van der Waals surface area contributed by atoms with Gasteiger partial charge in [-0.25, -0.2) is 0 Å². The molecule has 1 rings (SSSR count). The van der Waals surface area contributed by atoms with E-state index < -0.39 is 0 Å². The van der Waals surface area contributed by atoms with Gasteiger partial charge in [-0.2, -0.15) is 0 Å². The Morgan fingerprint density at radius 3 is 2.20 bits per heavy atom. The second kappa shape index (κ2) is 4.86. The lowest BCUT2D eigenvalue weighted by atomic mass is 9.71. The third-order valence-corrected chi connectivity index (χ3v) is 3.69. The molecule has 1 fully saturated rings. The molecule has 0 aromatic rings. The van der Waals surface area contributed by atoms with Crippen LogP contribution < -0.4 is 0 Å². The number of rotatable bonds is 3. The van der Waals surface area contributed by atoms with E-state index in [1.165, 1.54) is 19.3 Å². The van der Waals surface area contributed by atoms with Crippen molar-refractivity contribution in [2.24, 2.45) is 17.3 Å². The van der Waals surface area contributed by atoms with Gasteiger partial charge in [0.25, 0.3) is 0 Å². The molecular weight excluding hydrogens is 184 g/mol. The molecular formula is C14H28O. The van der Waals surface area contributed by atoms with E-state index in [2.05, 4.69) is 41.5 Å². The summed E-state index contributed by atoms with van der Waals surface area (Å²) in [7, 11) is 0. The van der Waals surface area contributed by atoms with Crippen LogP contribution in [0.5, 0.6) is 0 Å². The molecule has 0 spiro atoms. The molecule has 0 saturated heterocycles. The van der Waals surface area contributed by atoms with Crippen LogP contribution in [0.2, 0.25) is 0 Å². The van der Waals surface area contributed by atoms with Gasteiger partial charge in [-0.1, -0.05) is 34.6 Å². The molecule has 90 valence electrons. The predicted molar refractivity (Wildman–Crippen MR) is 66.0 cm³/mol. The van der Waals surface area contributed by atoms with E-state index in [4.69, 9.17) is 4.74 Å². The first-order valence-electron chi connectivity index (χ1n) is 6.45. The van der Waals surface area contributed by atoms with Crippen LogP contribution >= 0.6 is 0 Å². The highest BCUT2D eigenvalue weighted by Crippen LogP contribution is 2.40. The van der Waals surface area contributed by atoms with Crippen LogP contribution in [0.25, 0.3) is 0 Å². The van der Waals surface area contributed by atoms with Crippen molar-refractivity contribution in [3.63, 3.8) is 0 Å². The van der Waals surface area contributed by atoms with E-state index >= 15 is 0 Å². The highest BCUT2D eigenvalue weighted by molar-refractivity contribution is 4.84. The fraction of sp³-hybridized carbons (Fsp3) is 1.00. The lowest BCUT2D eigenvalue weighted by Gasteiger charge is -2.40. The molecule has 1 saturated carbocycles. The van der Waals surface area contributed by atoms with Crippen LogP contribution in [0.3, 0.4) is 0 Å². The Morgan fingerprint density at radius 1 is 1.13 bits per heavy atom. The van der Waals surface area contributed by atoms with Crippen LogP contribution in [0.15, 0.2) is 0 Å². The van der Waals surface area contributed by atoms with Gasteiger partial charge in [-0.3, -0.25) is 0 Å². The van der Waals surface area contributed by atoms with E-state index in [1.54, 1.807) is 0 Å². The zero-order valence-electron chi connectivity index (χ0n) is 11.3. The van der Waals surface area contributed by atoms with Crippen molar-refractivity contribution in [1.29, 1.82) is 0 Å². The second-order valence-corrected chi connectivity index (χ2v) is 6.62. The summed E-state index contributed by atoms with van der Waals surface area (Å²) in [6, 6.07) is 0. The van der Waals surface area contributed by atoms with Crippen LogP contribution in [0, 0.1) is 17.3 Å². The number of hydrogen-bond donors (Lipinski definition) is 0. The van der Waals surface area contributed by atoms with Gasteiger partial charge >= 0.3 is 0 Å². The van der Waals surface area contributed by atoms with Gasteiger partial charge in [0, 0.05) is 0 Å². The SMILES string of the molecule is CC1CC(OC(C)C(C)C)CC(C)(C)C1. The third kappa shape index (κ3) is 4.14. The summed E-state index contributed by atoms with van der Waals surface area (Å²) >= 11 is 0. The van der Waals surface area contributed by atoms with Gasteiger partial charge in [0.05, 0.1) is 12.2 Å². The second-order valence-electron chi connectivity index (χ2n) is 6.62. The van der Waals surface area contributed by atoms with Crippen molar-refractivity contribution in [3.8, 4) is 0 Å². The first-order chi connectivity index (χ1) is 6.80. The van der Waals surface area contributed by atoms with Crippen molar-refractivity contribution in [2.45, 2.75) is 73.0 Å². The first-order valence-corrected chi connectivity index (χ1v) is 6.45. The maximum absolute atomic E-state index is 6.16. The van der Waals surface area contributed by atoms with Crippen molar-refractivity contribution >= 4 is 0 Å². The minimum absolute atomic E-state index is 0.399. The molecule has 1 heteroatoms. The monoisotopic (exact) mass is 212 g/mol. The fourth-order valence-electron chi connectivity index (χ4n) is 2.82. The standard InChI is InChI=1S/C14H28O/c1-10(2)12(4)15-13-7-11(3)8-14(5,6)9-13/h10-13H,7-9H2,1-6H3. The van der Waals surface area contributed by atoms with Crippen molar-refractivity contribution in [1.82, 2.24) is 0 Å². The third-order valence-electron chi connectivity index (χ3n) is 3.69. The molecule has 3 unspecified atom stereocenters. The highest BCUT2D eigenvalue weighted by atomic mass is 16.5. The van der Waals surface area contributed by atoms with E-state index in [0.717, 1.165) is 5.92 Å². The summed E-state index contributed by atoms with van der Waals surface area (Å²) in [5.74, 6) is 1.45. The Morgan fingerprint density at radius 2 is 1.73 bits per heavy atom. The van der Waals surface area contributed by atoms with Gasteiger partial charge in [0.15, 0.2) is 0 Å². The molecule has 3 atom stereocenters. The highest BCUT2D eigenvalue weighted by Gasteiger charge is 2.33. The average molecular weight is 212 g/mol. The topological polar surface area (TPSA) is 9.23 Å². The Hall–Kier alpha value is -0.0400. The Kier molecular flexibility index (Phi) is 4.22. The van der Waals surface area contributed by atoms with Crippen LogP contribution in [-0.4, -0.2) is 12.2 Å². The van der Waals surface area contributed by atoms with Gasteiger partial charge < -0.3 is 4.74 Å². The summed E-state index contributed by atoms with van der Waals surface area (Å²) in [6.45, 7) is 13.8.